The topological polar surface area (TPSA) is 66.5 Å². The number of Topliss-reactive ketones (excluding diaryl/α,β-unsaturated/α-hetero) is 2. The van der Waals surface area contributed by atoms with Gasteiger partial charge in [0.25, 0.3) is 0 Å². The van der Waals surface area contributed by atoms with Gasteiger partial charge in [-0.3, -0.25) is 14.4 Å². The second-order valence-electron chi connectivity index (χ2n) is 10.2. The molecule has 6 heteroatoms. The molecular formula is C33H23ClN2O3. The molecule has 0 aliphatic carbocycles. The zero-order valence-corrected chi connectivity index (χ0v) is 21.5. The van der Waals surface area contributed by atoms with E-state index in [1.807, 2.05) is 71.8 Å². The summed E-state index contributed by atoms with van der Waals surface area (Å²) in [5.41, 5.74) is 2.83. The van der Waals surface area contributed by atoms with Crippen molar-refractivity contribution < 1.29 is 14.4 Å². The van der Waals surface area contributed by atoms with E-state index in [0.29, 0.717) is 21.8 Å². The fourth-order valence-corrected chi connectivity index (χ4v) is 6.86. The van der Waals surface area contributed by atoms with E-state index >= 15 is 0 Å². The molecule has 3 heterocycles. The Morgan fingerprint density at radius 1 is 0.769 bits per heavy atom. The first-order valence-electron chi connectivity index (χ1n) is 12.9. The van der Waals surface area contributed by atoms with Crippen molar-refractivity contribution in [1.29, 1.82) is 0 Å². The van der Waals surface area contributed by atoms with Crippen LogP contribution in [0.15, 0.2) is 109 Å². The summed E-state index contributed by atoms with van der Waals surface area (Å²) >= 11 is 6.14. The molecule has 3 aliphatic heterocycles. The third-order valence-corrected chi connectivity index (χ3v) is 8.56. The summed E-state index contributed by atoms with van der Waals surface area (Å²) in [4.78, 5) is 45.4. The van der Waals surface area contributed by atoms with Gasteiger partial charge in [0.05, 0.1) is 12.0 Å². The van der Waals surface area contributed by atoms with Gasteiger partial charge in [0.15, 0.2) is 11.6 Å². The second-order valence-corrected chi connectivity index (χ2v) is 10.6. The van der Waals surface area contributed by atoms with E-state index in [2.05, 4.69) is 5.32 Å². The van der Waals surface area contributed by atoms with Crippen molar-refractivity contribution in [3.8, 4) is 0 Å². The number of halogens is 1. The van der Waals surface area contributed by atoms with E-state index in [0.717, 1.165) is 16.7 Å². The molecule has 5 nitrogen and oxygen atoms in total. The molecule has 0 aromatic heterocycles. The minimum Gasteiger partial charge on any atom is -0.358 e. The van der Waals surface area contributed by atoms with Crippen LogP contribution in [-0.2, 0) is 10.2 Å². The molecule has 190 valence electrons. The molecule has 39 heavy (non-hydrogen) atoms. The van der Waals surface area contributed by atoms with Crippen LogP contribution in [-0.4, -0.2) is 28.4 Å². The number of nitrogens with one attached hydrogen (secondary N) is 1. The van der Waals surface area contributed by atoms with Crippen LogP contribution >= 0.6 is 11.6 Å². The van der Waals surface area contributed by atoms with Crippen LogP contribution in [0.2, 0.25) is 5.02 Å². The largest absolute Gasteiger partial charge is 0.358 e. The SMILES string of the molecule is O=C(c1ccc(Cl)cc1)[C@@H]1[C@@H](C(=O)c2ccccc2)[C@@]2(C(=O)Nc3ccccc32)[C@H]2c3ccccc3C=CN12. The van der Waals surface area contributed by atoms with Crippen molar-refractivity contribution in [2.75, 3.05) is 5.32 Å². The van der Waals surface area contributed by atoms with Crippen molar-refractivity contribution in [3.63, 3.8) is 0 Å². The molecule has 0 unspecified atom stereocenters. The Labute approximate surface area is 230 Å². The first kappa shape index (κ1) is 23.6. The fourth-order valence-electron chi connectivity index (χ4n) is 6.73. The lowest BCUT2D eigenvalue weighted by atomic mass is 9.62. The molecule has 1 amide bonds. The number of anilines is 1. The van der Waals surface area contributed by atoms with Gasteiger partial charge in [-0.1, -0.05) is 84.4 Å². The van der Waals surface area contributed by atoms with E-state index in [-0.39, 0.29) is 17.5 Å². The predicted octanol–water partition coefficient (Wildman–Crippen LogP) is 6.32. The van der Waals surface area contributed by atoms with Crippen LogP contribution in [0.3, 0.4) is 0 Å². The number of nitrogens with zero attached hydrogens (tertiary/aromatic N) is 1. The molecule has 1 saturated heterocycles. The number of rotatable bonds is 4. The maximum absolute atomic E-state index is 14.6. The molecule has 7 rings (SSSR count). The van der Waals surface area contributed by atoms with Gasteiger partial charge in [-0.25, -0.2) is 0 Å². The molecule has 0 saturated carbocycles. The minimum absolute atomic E-state index is 0.232. The van der Waals surface area contributed by atoms with E-state index in [1.165, 1.54) is 0 Å². The molecule has 0 radical (unpaired) electrons. The maximum Gasteiger partial charge on any atom is 0.238 e. The second kappa shape index (κ2) is 8.79. The van der Waals surface area contributed by atoms with Gasteiger partial charge in [0.1, 0.15) is 11.5 Å². The summed E-state index contributed by atoms with van der Waals surface area (Å²) in [6.07, 6.45) is 3.83. The molecule has 1 N–H and O–H groups in total. The molecule has 1 fully saturated rings. The zero-order chi connectivity index (χ0) is 26.7. The number of hydrogen-bond donors (Lipinski definition) is 1. The van der Waals surface area contributed by atoms with Crippen molar-refractivity contribution in [3.05, 3.63) is 142 Å². The quantitative estimate of drug-likeness (QED) is 0.313. The lowest BCUT2D eigenvalue weighted by Crippen LogP contribution is -2.49. The van der Waals surface area contributed by atoms with Crippen LogP contribution in [0.25, 0.3) is 6.08 Å². The standard InChI is InChI=1S/C33H23ClN2O3/c34-23-16-14-22(15-17-23)30(38)28-27(29(37)21-9-2-1-3-10-21)33(25-12-6-7-13-26(25)35-32(33)39)31-24-11-5-4-8-20(24)18-19-36(28)31/h1-19,27-28,31H,(H,35,39)/t27-,28-,31+,33+/m0/s1. The van der Waals surface area contributed by atoms with E-state index in [4.69, 9.17) is 11.6 Å². The van der Waals surface area contributed by atoms with Gasteiger partial charge >= 0.3 is 0 Å². The highest BCUT2D eigenvalue weighted by atomic mass is 35.5. The highest BCUT2D eigenvalue weighted by Gasteiger charge is 2.70. The van der Waals surface area contributed by atoms with Gasteiger partial charge in [-0.05, 0) is 53.1 Å². The first-order chi connectivity index (χ1) is 19.0. The highest BCUT2D eigenvalue weighted by molar-refractivity contribution is 6.30. The third kappa shape index (κ3) is 3.30. The van der Waals surface area contributed by atoms with Gasteiger partial charge in [-0.2, -0.15) is 0 Å². The van der Waals surface area contributed by atoms with Gasteiger partial charge in [-0.15, -0.1) is 0 Å². The molecule has 4 aromatic carbocycles. The van der Waals surface area contributed by atoms with Gasteiger partial charge in [0.2, 0.25) is 5.91 Å². The maximum atomic E-state index is 14.6. The summed E-state index contributed by atoms with van der Waals surface area (Å²) in [6.45, 7) is 0. The average Bonchev–Trinajstić information content (AvgIpc) is 3.45. The minimum atomic E-state index is -1.34. The molecule has 0 bridgehead atoms. The Morgan fingerprint density at radius 2 is 1.44 bits per heavy atom. The number of ketones is 2. The van der Waals surface area contributed by atoms with Gasteiger partial charge < -0.3 is 10.2 Å². The molecule has 1 spiro atoms. The fraction of sp³-hybridized carbons (Fsp3) is 0.121. The lowest BCUT2D eigenvalue weighted by Gasteiger charge is -2.38. The number of benzene rings is 4. The molecule has 3 aliphatic rings. The number of carbonyl (C=O) groups is 3. The monoisotopic (exact) mass is 530 g/mol. The Kier molecular flexibility index (Phi) is 5.32. The Morgan fingerprint density at radius 3 is 2.23 bits per heavy atom. The summed E-state index contributed by atoms with van der Waals surface area (Å²) in [7, 11) is 0. The van der Waals surface area contributed by atoms with E-state index < -0.39 is 23.4 Å². The van der Waals surface area contributed by atoms with Crippen LogP contribution in [0.4, 0.5) is 5.69 Å². The zero-order valence-electron chi connectivity index (χ0n) is 20.8. The van der Waals surface area contributed by atoms with E-state index in [1.54, 1.807) is 48.5 Å². The normalized spacial score (nSPS) is 24.2. The average molecular weight is 531 g/mol. The Bertz CT molecular complexity index is 1680. The van der Waals surface area contributed by atoms with Gasteiger partial charge in [0, 0.05) is 28.0 Å². The number of carbonyl (C=O) groups excluding carboxylic acids is 3. The lowest BCUT2D eigenvalue weighted by molar-refractivity contribution is -0.122. The van der Waals surface area contributed by atoms with Crippen LogP contribution in [0, 0.1) is 5.92 Å². The molecular weight excluding hydrogens is 508 g/mol. The van der Waals surface area contributed by atoms with E-state index in [9.17, 15) is 14.4 Å². The summed E-state index contributed by atoms with van der Waals surface area (Å²) < 4.78 is 0. The predicted molar refractivity (Wildman–Crippen MR) is 151 cm³/mol. The number of hydrogen-bond acceptors (Lipinski definition) is 4. The summed E-state index contributed by atoms with van der Waals surface area (Å²) in [5, 5.41) is 3.58. The highest BCUT2D eigenvalue weighted by Crippen LogP contribution is 2.62. The summed E-state index contributed by atoms with van der Waals surface area (Å²) in [5.74, 6) is -1.74. The van der Waals surface area contributed by atoms with Crippen LogP contribution in [0.5, 0.6) is 0 Å². The smallest absolute Gasteiger partial charge is 0.238 e. The van der Waals surface area contributed by atoms with Crippen LogP contribution in [0.1, 0.15) is 43.4 Å². The number of para-hydroxylation sites is 1. The number of fused-ring (bicyclic) bond motifs is 6. The van der Waals surface area contributed by atoms with Crippen molar-refractivity contribution in [2.45, 2.75) is 17.5 Å². The molecule has 4 aromatic rings. The third-order valence-electron chi connectivity index (χ3n) is 8.31. The first-order valence-corrected chi connectivity index (χ1v) is 13.2. The van der Waals surface area contributed by atoms with Crippen LogP contribution < -0.4 is 5.32 Å². The molecule has 4 atom stereocenters. The Balaban J connectivity index is 1.54. The Hall–Kier alpha value is -4.48. The number of amides is 1. The van der Waals surface area contributed by atoms with Crippen molar-refractivity contribution in [1.82, 2.24) is 4.90 Å². The van der Waals surface area contributed by atoms with Crippen molar-refractivity contribution in [2.24, 2.45) is 5.92 Å². The summed E-state index contributed by atoms with van der Waals surface area (Å²) in [6, 6.07) is 29.5. The van der Waals surface area contributed by atoms with Crippen molar-refractivity contribution >= 4 is 40.8 Å².